The number of aromatic nitrogens is 4. The van der Waals surface area contributed by atoms with Gasteiger partial charge in [-0.2, -0.15) is 4.98 Å². The molecule has 2 heterocycles. The van der Waals surface area contributed by atoms with Gasteiger partial charge in [-0.25, -0.2) is 0 Å². The largest absolute Gasteiger partial charge is 0.332 e. The van der Waals surface area contributed by atoms with Crippen LogP contribution in [0.15, 0.2) is 9.90 Å². The summed E-state index contributed by atoms with van der Waals surface area (Å²) in [5.74, 6) is 1.01. The van der Waals surface area contributed by atoms with Gasteiger partial charge in [-0.15, -0.1) is 5.10 Å². The van der Waals surface area contributed by atoms with E-state index >= 15 is 0 Å². The van der Waals surface area contributed by atoms with Crippen LogP contribution >= 0.6 is 11.5 Å². The lowest BCUT2D eigenvalue weighted by Crippen LogP contribution is -2.37. The highest BCUT2D eigenvalue weighted by Crippen LogP contribution is 2.32. The average Bonchev–Trinajstić information content (AvgIpc) is 3.00. The van der Waals surface area contributed by atoms with Gasteiger partial charge in [0.2, 0.25) is 0 Å². The van der Waals surface area contributed by atoms with Gasteiger partial charge in [-0.05, 0) is 24.4 Å². The van der Waals surface area contributed by atoms with Gasteiger partial charge in [0.15, 0.2) is 11.5 Å². The molecule has 3 rings (SSSR count). The van der Waals surface area contributed by atoms with Gasteiger partial charge in [0.25, 0.3) is 5.89 Å². The quantitative estimate of drug-likeness (QED) is 0.836. The van der Waals surface area contributed by atoms with Crippen LogP contribution in [0.25, 0.3) is 11.6 Å². The van der Waals surface area contributed by atoms with E-state index in [0.717, 1.165) is 25.7 Å². The van der Waals surface area contributed by atoms with Crippen molar-refractivity contribution in [3.8, 4) is 11.6 Å². The van der Waals surface area contributed by atoms with Crippen LogP contribution in [0.4, 0.5) is 0 Å². The van der Waals surface area contributed by atoms with Crippen LogP contribution in [0.2, 0.25) is 0 Å². The van der Waals surface area contributed by atoms with E-state index < -0.39 is 5.54 Å². The number of hydrogen-bond donors (Lipinski definition) is 1. The topological polar surface area (TPSA) is 90.7 Å². The lowest BCUT2D eigenvalue weighted by Gasteiger charge is -2.23. The van der Waals surface area contributed by atoms with Crippen molar-refractivity contribution in [2.45, 2.75) is 44.1 Å². The molecule has 6 nitrogen and oxygen atoms in total. The van der Waals surface area contributed by atoms with E-state index in [4.69, 9.17) is 10.3 Å². The van der Waals surface area contributed by atoms with E-state index in [2.05, 4.69) is 19.7 Å². The predicted molar refractivity (Wildman–Crippen MR) is 66.8 cm³/mol. The SMILES string of the molecule is NC1(c2noc(-c3csnn3)n2)CCCCCC1. The highest BCUT2D eigenvalue weighted by Gasteiger charge is 2.33. The molecule has 0 bridgehead atoms. The van der Waals surface area contributed by atoms with E-state index in [1.807, 2.05) is 0 Å². The Morgan fingerprint density at radius 3 is 2.67 bits per heavy atom. The molecule has 2 aromatic heterocycles. The maximum Gasteiger partial charge on any atom is 0.279 e. The molecule has 2 aromatic rings. The van der Waals surface area contributed by atoms with Gasteiger partial charge in [0.05, 0.1) is 5.54 Å². The van der Waals surface area contributed by atoms with Gasteiger partial charge in [0, 0.05) is 5.38 Å². The summed E-state index contributed by atoms with van der Waals surface area (Å²) >= 11 is 1.26. The summed E-state index contributed by atoms with van der Waals surface area (Å²) in [4.78, 5) is 4.39. The second-order valence-corrected chi connectivity index (χ2v) is 5.39. The molecule has 1 aliphatic carbocycles. The zero-order valence-electron chi connectivity index (χ0n) is 10.0. The van der Waals surface area contributed by atoms with Crippen molar-refractivity contribution in [2.75, 3.05) is 0 Å². The Morgan fingerprint density at radius 2 is 2.00 bits per heavy atom. The number of rotatable bonds is 2. The third kappa shape index (κ3) is 2.15. The first-order valence-corrected chi connectivity index (χ1v) is 7.02. The minimum Gasteiger partial charge on any atom is -0.332 e. The van der Waals surface area contributed by atoms with Crippen molar-refractivity contribution in [1.29, 1.82) is 0 Å². The standard InChI is InChI=1S/C11H15N5OS/c12-11(5-3-1-2-4-6-11)10-13-9(17-15-10)8-7-18-16-14-8/h7H,1-6,12H2. The van der Waals surface area contributed by atoms with Crippen molar-refractivity contribution in [3.63, 3.8) is 0 Å². The fourth-order valence-corrected chi connectivity index (χ4v) is 2.80. The van der Waals surface area contributed by atoms with Gasteiger partial charge >= 0.3 is 0 Å². The van der Waals surface area contributed by atoms with Crippen molar-refractivity contribution in [2.24, 2.45) is 5.73 Å². The molecular formula is C11H15N5OS. The number of nitrogens with two attached hydrogens (primary N) is 1. The predicted octanol–water partition coefficient (Wildman–Crippen LogP) is 2.10. The van der Waals surface area contributed by atoms with Crippen LogP contribution in [-0.4, -0.2) is 19.7 Å². The highest BCUT2D eigenvalue weighted by molar-refractivity contribution is 7.03. The smallest absolute Gasteiger partial charge is 0.279 e. The number of nitrogens with zero attached hydrogens (tertiary/aromatic N) is 4. The zero-order valence-corrected chi connectivity index (χ0v) is 10.8. The molecular weight excluding hydrogens is 250 g/mol. The van der Waals surface area contributed by atoms with E-state index in [1.54, 1.807) is 5.38 Å². The van der Waals surface area contributed by atoms with Crippen LogP contribution in [0.3, 0.4) is 0 Å². The van der Waals surface area contributed by atoms with Crippen LogP contribution in [0.1, 0.15) is 44.3 Å². The molecule has 1 aliphatic rings. The van der Waals surface area contributed by atoms with Crippen molar-refractivity contribution >= 4 is 11.5 Å². The van der Waals surface area contributed by atoms with Gasteiger partial charge < -0.3 is 10.3 Å². The van der Waals surface area contributed by atoms with Gasteiger partial charge in [0.1, 0.15) is 0 Å². The molecule has 0 spiro atoms. The zero-order chi connectivity index (χ0) is 12.4. The molecule has 0 atom stereocenters. The summed E-state index contributed by atoms with van der Waals surface area (Å²) in [5, 5.41) is 9.74. The van der Waals surface area contributed by atoms with E-state index in [9.17, 15) is 0 Å². The lowest BCUT2D eigenvalue weighted by molar-refractivity contribution is 0.334. The summed E-state index contributed by atoms with van der Waals surface area (Å²) in [6.07, 6.45) is 6.55. The molecule has 0 aliphatic heterocycles. The highest BCUT2D eigenvalue weighted by atomic mass is 32.1. The van der Waals surface area contributed by atoms with Crippen LogP contribution < -0.4 is 5.73 Å². The van der Waals surface area contributed by atoms with Crippen LogP contribution in [0, 0.1) is 0 Å². The Kier molecular flexibility index (Phi) is 3.09. The Balaban J connectivity index is 1.88. The first-order valence-electron chi connectivity index (χ1n) is 6.18. The maximum atomic E-state index is 6.43. The summed E-state index contributed by atoms with van der Waals surface area (Å²) in [6, 6.07) is 0. The van der Waals surface area contributed by atoms with Crippen LogP contribution in [0.5, 0.6) is 0 Å². The average molecular weight is 265 g/mol. The second kappa shape index (κ2) is 4.74. The molecule has 18 heavy (non-hydrogen) atoms. The normalized spacial score (nSPS) is 19.6. The summed E-state index contributed by atoms with van der Waals surface area (Å²) in [5.41, 5.74) is 6.61. The van der Waals surface area contributed by atoms with Crippen molar-refractivity contribution < 1.29 is 4.52 Å². The van der Waals surface area contributed by atoms with Gasteiger partial charge in [-0.1, -0.05) is 35.3 Å². The molecule has 1 fully saturated rings. The van der Waals surface area contributed by atoms with Crippen molar-refractivity contribution in [3.05, 3.63) is 11.2 Å². The van der Waals surface area contributed by atoms with Crippen molar-refractivity contribution in [1.82, 2.24) is 19.7 Å². The first-order chi connectivity index (χ1) is 8.78. The van der Waals surface area contributed by atoms with E-state index in [1.165, 1.54) is 24.4 Å². The molecule has 0 aromatic carbocycles. The minimum absolute atomic E-state index is 0.410. The molecule has 0 amide bonds. The molecule has 2 N–H and O–H groups in total. The first kappa shape index (κ1) is 11.7. The summed E-state index contributed by atoms with van der Waals surface area (Å²) < 4.78 is 9.02. The Bertz CT molecular complexity index is 501. The third-order valence-corrected chi connectivity index (χ3v) is 3.95. The minimum atomic E-state index is -0.443. The van der Waals surface area contributed by atoms with E-state index in [0.29, 0.717) is 17.4 Å². The molecule has 7 heteroatoms. The fraction of sp³-hybridized carbons (Fsp3) is 0.636. The molecule has 0 unspecified atom stereocenters. The Morgan fingerprint density at radius 1 is 1.22 bits per heavy atom. The summed E-state index contributed by atoms with van der Waals surface area (Å²) in [7, 11) is 0. The number of hydrogen-bond acceptors (Lipinski definition) is 7. The molecule has 96 valence electrons. The maximum absolute atomic E-state index is 6.43. The third-order valence-electron chi connectivity index (χ3n) is 3.45. The Labute approximate surface area is 109 Å². The monoisotopic (exact) mass is 265 g/mol. The summed E-state index contributed by atoms with van der Waals surface area (Å²) in [6.45, 7) is 0. The van der Waals surface area contributed by atoms with E-state index in [-0.39, 0.29) is 0 Å². The fourth-order valence-electron chi connectivity index (χ4n) is 2.37. The molecule has 0 radical (unpaired) electrons. The lowest BCUT2D eigenvalue weighted by atomic mass is 9.91. The molecule has 0 saturated heterocycles. The van der Waals surface area contributed by atoms with Gasteiger partial charge in [-0.3, -0.25) is 0 Å². The molecule has 1 saturated carbocycles. The second-order valence-electron chi connectivity index (χ2n) is 4.78. The van der Waals surface area contributed by atoms with Crippen LogP contribution in [-0.2, 0) is 5.54 Å². The Hall–Kier alpha value is -1.34.